The van der Waals surface area contributed by atoms with Gasteiger partial charge in [0.2, 0.25) is 6.79 Å². The number of nitrogens with one attached hydrogen (secondary N) is 1. The molecule has 0 spiro atoms. The van der Waals surface area contributed by atoms with E-state index < -0.39 is 11.4 Å². The fourth-order valence-corrected chi connectivity index (χ4v) is 4.84. The summed E-state index contributed by atoms with van der Waals surface area (Å²) >= 11 is 0. The number of aliphatic carboxylic acids is 1. The second-order valence-corrected chi connectivity index (χ2v) is 7.56. The first-order valence-electron chi connectivity index (χ1n) is 9.04. The van der Waals surface area contributed by atoms with Crippen molar-refractivity contribution in [2.75, 3.05) is 19.9 Å². The monoisotopic (exact) mass is 355 g/mol. The Labute approximate surface area is 150 Å². The van der Waals surface area contributed by atoms with Crippen LogP contribution < -0.4 is 9.47 Å². The first kappa shape index (κ1) is 15.7. The molecule has 1 saturated heterocycles. The number of likely N-dealkylation sites (tertiary alicyclic amines) is 1. The third-order valence-corrected chi connectivity index (χ3v) is 6.14. The van der Waals surface area contributed by atoms with Crippen molar-refractivity contribution in [3.63, 3.8) is 0 Å². The number of nitrogens with zero attached hydrogens (tertiary/aromatic N) is 2. The van der Waals surface area contributed by atoms with Gasteiger partial charge in [0, 0.05) is 30.8 Å². The number of hydrogen-bond donors (Lipinski definition) is 2. The lowest BCUT2D eigenvalue weighted by Gasteiger charge is -2.23. The Bertz CT molecular complexity index is 864. The zero-order valence-corrected chi connectivity index (χ0v) is 14.4. The van der Waals surface area contributed by atoms with Gasteiger partial charge in [-0.2, -0.15) is 5.10 Å². The van der Waals surface area contributed by atoms with E-state index in [1.165, 1.54) is 0 Å². The number of carbonyl (C=O) groups is 1. The summed E-state index contributed by atoms with van der Waals surface area (Å²) < 4.78 is 10.8. The Hall–Kier alpha value is -2.54. The Morgan fingerprint density at radius 1 is 1.38 bits per heavy atom. The number of carboxylic acid groups (broad SMARTS) is 1. The molecule has 136 valence electrons. The number of H-pyrrole nitrogens is 1. The summed E-state index contributed by atoms with van der Waals surface area (Å²) in [5, 5.41) is 17.1. The highest BCUT2D eigenvalue weighted by Gasteiger charge is 2.54. The molecular formula is C19H21N3O4. The van der Waals surface area contributed by atoms with Gasteiger partial charge in [-0.05, 0) is 37.0 Å². The molecule has 1 aromatic carbocycles. The molecule has 7 nitrogen and oxygen atoms in total. The van der Waals surface area contributed by atoms with Gasteiger partial charge in [0.05, 0.1) is 17.3 Å². The van der Waals surface area contributed by atoms with Gasteiger partial charge in [-0.1, -0.05) is 6.42 Å². The number of benzene rings is 1. The number of aromatic nitrogens is 2. The van der Waals surface area contributed by atoms with Gasteiger partial charge >= 0.3 is 5.97 Å². The van der Waals surface area contributed by atoms with Crippen molar-refractivity contribution in [2.45, 2.75) is 25.8 Å². The van der Waals surface area contributed by atoms with Crippen LogP contribution in [-0.4, -0.2) is 46.1 Å². The third kappa shape index (κ3) is 2.30. The topological polar surface area (TPSA) is 87.7 Å². The molecule has 26 heavy (non-hydrogen) atoms. The van der Waals surface area contributed by atoms with Crippen LogP contribution in [0.2, 0.25) is 0 Å². The summed E-state index contributed by atoms with van der Waals surface area (Å²) in [6.07, 6.45) is 4.67. The van der Waals surface area contributed by atoms with Gasteiger partial charge in [-0.3, -0.25) is 14.8 Å². The smallest absolute Gasteiger partial charge is 0.311 e. The lowest BCUT2D eigenvalue weighted by atomic mass is 9.81. The van der Waals surface area contributed by atoms with E-state index >= 15 is 0 Å². The molecule has 2 atom stereocenters. The molecule has 1 aliphatic carbocycles. The maximum Gasteiger partial charge on any atom is 0.311 e. The number of rotatable bonds is 4. The first-order chi connectivity index (χ1) is 12.7. The van der Waals surface area contributed by atoms with Gasteiger partial charge in [-0.25, -0.2) is 0 Å². The Balaban J connectivity index is 1.38. The highest BCUT2D eigenvalue weighted by molar-refractivity contribution is 5.76. The van der Waals surface area contributed by atoms with Gasteiger partial charge in [0.15, 0.2) is 11.5 Å². The van der Waals surface area contributed by atoms with Crippen molar-refractivity contribution in [3.05, 3.63) is 30.0 Å². The zero-order valence-electron chi connectivity index (χ0n) is 14.4. The summed E-state index contributed by atoms with van der Waals surface area (Å²) in [4.78, 5) is 14.1. The normalized spacial score (nSPS) is 27.0. The van der Waals surface area contributed by atoms with E-state index in [9.17, 15) is 9.90 Å². The Kier molecular flexibility index (Phi) is 3.46. The molecular weight excluding hydrogens is 334 g/mol. The van der Waals surface area contributed by atoms with Crippen molar-refractivity contribution in [1.82, 2.24) is 15.1 Å². The zero-order chi connectivity index (χ0) is 17.7. The van der Waals surface area contributed by atoms with Gasteiger partial charge < -0.3 is 14.6 Å². The lowest BCUT2D eigenvalue weighted by Crippen LogP contribution is -2.35. The predicted octanol–water partition coefficient (Wildman–Crippen LogP) is 2.49. The van der Waals surface area contributed by atoms with Crippen LogP contribution in [0.3, 0.4) is 0 Å². The maximum absolute atomic E-state index is 11.9. The molecule has 1 aromatic heterocycles. The molecule has 0 amide bonds. The van der Waals surface area contributed by atoms with Crippen LogP contribution in [0, 0.1) is 11.3 Å². The molecule has 0 radical (unpaired) electrons. The molecule has 2 aliphatic heterocycles. The number of hydrogen-bond acceptors (Lipinski definition) is 5. The van der Waals surface area contributed by atoms with Crippen LogP contribution in [0.1, 0.15) is 24.8 Å². The van der Waals surface area contributed by atoms with Crippen LogP contribution in [0.4, 0.5) is 0 Å². The van der Waals surface area contributed by atoms with Gasteiger partial charge in [0.25, 0.3) is 0 Å². The number of aromatic amines is 1. The molecule has 1 saturated carbocycles. The molecule has 2 aromatic rings. The van der Waals surface area contributed by atoms with E-state index in [2.05, 4.69) is 15.1 Å². The van der Waals surface area contributed by atoms with Crippen molar-refractivity contribution < 1.29 is 19.4 Å². The number of fused-ring (bicyclic) bond motifs is 2. The second kappa shape index (κ2) is 5.74. The van der Waals surface area contributed by atoms with E-state index in [4.69, 9.17) is 9.47 Å². The van der Waals surface area contributed by atoms with Crippen molar-refractivity contribution in [1.29, 1.82) is 0 Å². The maximum atomic E-state index is 11.9. The minimum absolute atomic E-state index is 0.251. The summed E-state index contributed by atoms with van der Waals surface area (Å²) in [5.74, 6) is 1.13. The Morgan fingerprint density at radius 2 is 2.27 bits per heavy atom. The van der Waals surface area contributed by atoms with Crippen molar-refractivity contribution in [2.24, 2.45) is 11.3 Å². The lowest BCUT2D eigenvalue weighted by molar-refractivity contribution is -0.149. The molecule has 2 fully saturated rings. The van der Waals surface area contributed by atoms with Crippen LogP contribution in [0.5, 0.6) is 11.5 Å². The fourth-order valence-electron chi connectivity index (χ4n) is 4.84. The summed E-state index contributed by atoms with van der Waals surface area (Å²) in [5.41, 5.74) is 2.46. The van der Waals surface area contributed by atoms with Crippen molar-refractivity contribution in [3.8, 4) is 22.8 Å². The van der Waals surface area contributed by atoms with Gasteiger partial charge in [-0.15, -0.1) is 0 Å². The quantitative estimate of drug-likeness (QED) is 0.876. The van der Waals surface area contributed by atoms with E-state index in [-0.39, 0.29) is 12.7 Å². The van der Waals surface area contributed by atoms with Crippen LogP contribution in [0.15, 0.2) is 24.4 Å². The fraction of sp³-hybridized carbons (Fsp3) is 0.474. The highest BCUT2D eigenvalue weighted by atomic mass is 16.7. The molecule has 2 N–H and O–H groups in total. The SMILES string of the molecule is O=C(O)[C@@]12CCC[C@H]1CN(Cc1cn[nH]c1-c1ccc3c(c1)OCO3)C2. The largest absolute Gasteiger partial charge is 0.481 e. The molecule has 3 heterocycles. The molecule has 3 aliphatic rings. The summed E-state index contributed by atoms with van der Waals surface area (Å²) in [6.45, 7) is 2.42. The molecule has 5 rings (SSSR count). The highest BCUT2D eigenvalue weighted by Crippen LogP contribution is 2.49. The number of carboxylic acids is 1. The average Bonchev–Trinajstić information content (AvgIpc) is 3.37. The van der Waals surface area contributed by atoms with E-state index in [1.807, 2.05) is 24.4 Å². The van der Waals surface area contributed by atoms with E-state index in [0.29, 0.717) is 13.1 Å². The standard InChI is InChI=1S/C19H21N3O4/c23-18(24)19-5-1-2-14(19)9-22(10-19)8-13-7-20-21-17(13)12-3-4-15-16(6-12)26-11-25-15/h3-4,6-7,14H,1-2,5,8-11H2,(H,20,21)(H,23,24)/t14-,19+/m0/s1. The average molecular weight is 355 g/mol. The van der Waals surface area contributed by atoms with Crippen LogP contribution >= 0.6 is 0 Å². The predicted molar refractivity (Wildman–Crippen MR) is 92.8 cm³/mol. The van der Waals surface area contributed by atoms with Crippen LogP contribution in [0.25, 0.3) is 11.3 Å². The van der Waals surface area contributed by atoms with Gasteiger partial charge in [0.1, 0.15) is 0 Å². The minimum Gasteiger partial charge on any atom is -0.481 e. The Morgan fingerprint density at radius 3 is 3.12 bits per heavy atom. The van der Waals surface area contributed by atoms with Crippen molar-refractivity contribution >= 4 is 5.97 Å². The third-order valence-electron chi connectivity index (χ3n) is 6.14. The molecule has 0 unspecified atom stereocenters. The number of ether oxygens (including phenoxy) is 2. The summed E-state index contributed by atoms with van der Waals surface area (Å²) in [7, 11) is 0. The molecule has 7 heteroatoms. The first-order valence-corrected chi connectivity index (χ1v) is 9.04. The van der Waals surface area contributed by atoms with E-state index in [0.717, 1.165) is 54.1 Å². The minimum atomic E-state index is -0.634. The molecule has 0 bridgehead atoms. The second-order valence-electron chi connectivity index (χ2n) is 7.56. The van der Waals surface area contributed by atoms with Crippen LogP contribution in [-0.2, 0) is 11.3 Å². The van der Waals surface area contributed by atoms with E-state index in [1.54, 1.807) is 0 Å². The summed E-state index contributed by atoms with van der Waals surface area (Å²) in [6, 6.07) is 5.85.